The number of carbonyl (C=O) groups is 1. The lowest BCUT2D eigenvalue weighted by Gasteiger charge is -2.16. The molecule has 0 radical (unpaired) electrons. The number of carbonyl (C=O) groups excluding carboxylic acids is 1. The molecule has 0 aliphatic heterocycles. The Morgan fingerprint density at radius 1 is 1.21 bits per heavy atom. The maximum Gasteiger partial charge on any atom is 0.222 e. The average molecular weight is 311 g/mol. The third-order valence-corrected chi connectivity index (χ3v) is 3.06. The first-order valence-electron chi connectivity index (χ1n) is 5.52. The molecule has 0 heterocycles. The second kappa shape index (κ2) is 9.74. The highest BCUT2D eigenvalue weighted by molar-refractivity contribution is 14.1. The van der Waals surface area contributed by atoms with Crippen LogP contribution in [-0.2, 0) is 4.79 Å². The lowest BCUT2D eigenvalue weighted by Crippen LogP contribution is -2.27. The highest BCUT2D eigenvalue weighted by Crippen LogP contribution is 2.04. The Balaban J connectivity index is 3.42. The predicted molar refractivity (Wildman–Crippen MR) is 69.9 cm³/mol. The van der Waals surface area contributed by atoms with Gasteiger partial charge in [0.05, 0.1) is 0 Å². The van der Waals surface area contributed by atoms with E-state index in [-0.39, 0.29) is 0 Å². The highest BCUT2D eigenvalue weighted by atomic mass is 127. The first-order chi connectivity index (χ1) is 6.72. The quantitative estimate of drug-likeness (QED) is 0.383. The predicted octanol–water partition coefficient (Wildman–Crippen LogP) is 3.24. The molecule has 3 heteroatoms. The van der Waals surface area contributed by atoms with Gasteiger partial charge >= 0.3 is 0 Å². The Bertz CT molecular complexity index is 150. The van der Waals surface area contributed by atoms with Gasteiger partial charge in [-0.1, -0.05) is 42.4 Å². The van der Waals surface area contributed by atoms with E-state index in [0.717, 1.165) is 32.2 Å². The summed E-state index contributed by atoms with van der Waals surface area (Å²) in [4.78, 5) is 13.4. The third kappa shape index (κ3) is 7.59. The number of hydrogen-bond donors (Lipinski definition) is 0. The molecule has 0 saturated heterocycles. The van der Waals surface area contributed by atoms with Crippen LogP contribution in [-0.4, -0.2) is 28.8 Å². The van der Waals surface area contributed by atoms with Crippen molar-refractivity contribution in [3.8, 4) is 0 Å². The minimum absolute atomic E-state index is 0.312. The van der Waals surface area contributed by atoms with Crippen LogP contribution in [0.5, 0.6) is 0 Å². The van der Waals surface area contributed by atoms with Crippen molar-refractivity contribution < 1.29 is 4.79 Å². The van der Waals surface area contributed by atoms with E-state index in [4.69, 9.17) is 0 Å². The summed E-state index contributed by atoms with van der Waals surface area (Å²) in [5.41, 5.74) is 0. The van der Waals surface area contributed by atoms with Crippen LogP contribution >= 0.6 is 22.6 Å². The van der Waals surface area contributed by atoms with Gasteiger partial charge in [0.1, 0.15) is 0 Å². The van der Waals surface area contributed by atoms with Gasteiger partial charge in [-0.25, -0.2) is 0 Å². The van der Waals surface area contributed by atoms with Crippen molar-refractivity contribution in [2.45, 2.75) is 45.4 Å². The van der Waals surface area contributed by atoms with Crippen LogP contribution in [0.25, 0.3) is 0 Å². The van der Waals surface area contributed by atoms with Crippen molar-refractivity contribution in [3.05, 3.63) is 0 Å². The van der Waals surface area contributed by atoms with E-state index in [1.165, 1.54) is 17.3 Å². The van der Waals surface area contributed by atoms with Crippen molar-refractivity contribution in [1.29, 1.82) is 0 Å². The fraction of sp³-hybridized carbons (Fsp3) is 0.909. The summed E-state index contributed by atoms with van der Waals surface area (Å²) in [6.07, 6.45) is 6.50. The third-order valence-electron chi connectivity index (χ3n) is 2.30. The molecule has 0 aromatic heterocycles. The molecular weight excluding hydrogens is 289 g/mol. The molecule has 14 heavy (non-hydrogen) atoms. The molecule has 0 aliphatic carbocycles. The fourth-order valence-corrected chi connectivity index (χ4v) is 1.80. The molecule has 0 atom stereocenters. The second-order valence-electron chi connectivity index (χ2n) is 3.67. The fourth-order valence-electron chi connectivity index (χ4n) is 1.26. The topological polar surface area (TPSA) is 20.3 Å². The smallest absolute Gasteiger partial charge is 0.222 e. The van der Waals surface area contributed by atoms with Crippen LogP contribution < -0.4 is 0 Å². The van der Waals surface area contributed by atoms with Crippen molar-refractivity contribution in [2.75, 3.05) is 18.0 Å². The molecule has 0 bridgehead atoms. The second-order valence-corrected chi connectivity index (χ2v) is 4.75. The molecule has 84 valence electrons. The van der Waals surface area contributed by atoms with Crippen molar-refractivity contribution in [2.24, 2.45) is 0 Å². The largest absolute Gasteiger partial charge is 0.346 e. The zero-order valence-corrected chi connectivity index (χ0v) is 11.5. The molecule has 0 unspecified atom stereocenters. The van der Waals surface area contributed by atoms with Crippen LogP contribution in [0.3, 0.4) is 0 Å². The van der Waals surface area contributed by atoms with E-state index in [2.05, 4.69) is 29.5 Å². The summed E-state index contributed by atoms with van der Waals surface area (Å²) in [5.74, 6) is 0.312. The van der Waals surface area contributed by atoms with Crippen molar-refractivity contribution in [1.82, 2.24) is 4.90 Å². The number of alkyl halides is 1. The molecule has 0 aromatic rings. The van der Waals surface area contributed by atoms with Crippen LogP contribution in [0, 0.1) is 0 Å². The molecule has 0 aliphatic rings. The minimum atomic E-state index is 0.312. The van der Waals surface area contributed by atoms with Gasteiger partial charge in [0.2, 0.25) is 5.91 Å². The summed E-state index contributed by atoms with van der Waals surface area (Å²) in [6.45, 7) is 3.07. The van der Waals surface area contributed by atoms with Gasteiger partial charge < -0.3 is 4.90 Å². The average Bonchev–Trinajstić information content (AvgIpc) is 2.20. The molecule has 0 aromatic carbocycles. The van der Waals surface area contributed by atoms with E-state index in [1.54, 1.807) is 0 Å². The molecule has 0 spiro atoms. The van der Waals surface area contributed by atoms with Gasteiger partial charge in [-0.3, -0.25) is 4.79 Å². The summed E-state index contributed by atoms with van der Waals surface area (Å²) in [6, 6.07) is 0. The monoisotopic (exact) mass is 311 g/mol. The van der Waals surface area contributed by atoms with Gasteiger partial charge in [-0.05, 0) is 23.7 Å². The molecule has 0 rings (SSSR count). The van der Waals surface area contributed by atoms with Crippen LogP contribution in [0.15, 0.2) is 0 Å². The first kappa shape index (κ1) is 14.2. The first-order valence-corrected chi connectivity index (χ1v) is 7.04. The van der Waals surface area contributed by atoms with Crippen LogP contribution in [0.4, 0.5) is 0 Å². The van der Waals surface area contributed by atoms with E-state index in [0.29, 0.717) is 5.91 Å². The number of hydrogen-bond acceptors (Lipinski definition) is 1. The lowest BCUT2D eigenvalue weighted by molar-refractivity contribution is -0.130. The molecule has 0 fully saturated rings. The lowest BCUT2D eigenvalue weighted by atomic mass is 10.2. The van der Waals surface area contributed by atoms with Gasteiger partial charge in [-0.15, -0.1) is 0 Å². The number of nitrogens with zero attached hydrogens (tertiary/aromatic N) is 1. The number of halogens is 1. The number of rotatable bonds is 8. The Morgan fingerprint density at radius 2 is 1.93 bits per heavy atom. The maximum atomic E-state index is 11.5. The maximum absolute atomic E-state index is 11.5. The summed E-state index contributed by atoms with van der Waals surface area (Å²) < 4.78 is 1.21. The molecule has 2 nitrogen and oxygen atoms in total. The van der Waals surface area contributed by atoms with Crippen molar-refractivity contribution >= 4 is 28.5 Å². The van der Waals surface area contributed by atoms with Crippen LogP contribution in [0.2, 0.25) is 0 Å². The van der Waals surface area contributed by atoms with Crippen molar-refractivity contribution in [3.63, 3.8) is 0 Å². The number of unbranched alkanes of at least 4 members (excludes halogenated alkanes) is 3. The zero-order valence-electron chi connectivity index (χ0n) is 9.39. The Morgan fingerprint density at radius 3 is 2.50 bits per heavy atom. The normalized spacial score (nSPS) is 10.2. The molecule has 0 N–H and O–H groups in total. The molecule has 1 amide bonds. The summed E-state index contributed by atoms with van der Waals surface area (Å²) >= 11 is 2.38. The summed E-state index contributed by atoms with van der Waals surface area (Å²) in [7, 11) is 1.91. The standard InChI is InChI=1S/C11H22INO/c1-3-4-10-13(2)11(14)8-6-5-7-9-12/h3-10H2,1-2H3. The van der Waals surface area contributed by atoms with E-state index in [1.807, 2.05) is 11.9 Å². The number of amides is 1. The Kier molecular flexibility index (Phi) is 9.88. The summed E-state index contributed by atoms with van der Waals surface area (Å²) in [5, 5.41) is 0. The van der Waals surface area contributed by atoms with Gasteiger partial charge in [-0.2, -0.15) is 0 Å². The van der Waals surface area contributed by atoms with Gasteiger partial charge in [0.15, 0.2) is 0 Å². The minimum Gasteiger partial charge on any atom is -0.346 e. The highest BCUT2D eigenvalue weighted by Gasteiger charge is 2.06. The zero-order chi connectivity index (χ0) is 10.8. The Labute approximate surface area is 102 Å². The Hall–Kier alpha value is 0.200. The van der Waals surface area contributed by atoms with E-state index in [9.17, 15) is 4.79 Å². The SMILES string of the molecule is CCCCN(C)C(=O)CCCCCI. The van der Waals surface area contributed by atoms with E-state index < -0.39 is 0 Å². The van der Waals surface area contributed by atoms with E-state index >= 15 is 0 Å². The molecule has 0 saturated carbocycles. The van der Waals surface area contributed by atoms with Gasteiger partial charge in [0, 0.05) is 20.0 Å². The van der Waals surface area contributed by atoms with Gasteiger partial charge in [0.25, 0.3) is 0 Å². The van der Waals surface area contributed by atoms with Crippen LogP contribution in [0.1, 0.15) is 45.4 Å². The molecular formula is C11H22INO.